The van der Waals surface area contributed by atoms with E-state index in [0.717, 1.165) is 5.56 Å². The van der Waals surface area contributed by atoms with Crippen molar-refractivity contribution in [2.45, 2.75) is 32.0 Å². The van der Waals surface area contributed by atoms with Crippen molar-refractivity contribution in [1.29, 1.82) is 0 Å². The van der Waals surface area contributed by atoms with Crippen molar-refractivity contribution in [3.63, 3.8) is 0 Å². The lowest BCUT2D eigenvalue weighted by Crippen LogP contribution is -2.48. The van der Waals surface area contributed by atoms with Gasteiger partial charge in [0.1, 0.15) is 0 Å². The van der Waals surface area contributed by atoms with Gasteiger partial charge in [0.15, 0.2) is 0 Å². The highest BCUT2D eigenvalue weighted by molar-refractivity contribution is 7.77. The van der Waals surface area contributed by atoms with Gasteiger partial charge in [-0.2, -0.15) is 0 Å². The highest BCUT2D eigenvalue weighted by Gasteiger charge is 2.33. The number of rotatable bonds is 8. The first kappa shape index (κ1) is 23.0. The van der Waals surface area contributed by atoms with Crippen LogP contribution in [0, 0.1) is 0 Å². The second-order valence-corrected chi connectivity index (χ2v) is 10.2. The number of carbonyl (C=O) groups is 1. The molecule has 6 heteroatoms. The molecule has 0 saturated heterocycles. The molecule has 0 heterocycles. The van der Waals surface area contributed by atoms with Crippen LogP contribution in [-0.4, -0.2) is 35.0 Å². The molecule has 0 bridgehead atoms. The maximum Gasteiger partial charge on any atom is 0.239 e. The second kappa shape index (κ2) is 10.1. The molecule has 0 saturated carbocycles. The Labute approximate surface area is 184 Å². The molecule has 3 aromatic carbocycles. The summed E-state index contributed by atoms with van der Waals surface area (Å²) < 4.78 is 14.1. The third kappa shape index (κ3) is 5.13. The normalized spacial score (nSPS) is 14.5. The Kier molecular flexibility index (Phi) is 7.45. The van der Waals surface area contributed by atoms with Gasteiger partial charge in [-0.15, -0.1) is 0 Å². The maximum absolute atomic E-state index is 14.1. The van der Waals surface area contributed by atoms with E-state index in [4.69, 9.17) is 0 Å². The summed E-state index contributed by atoms with van der Waals surface area (Å²) in [6.45, 7) is 3.51. The van der Waals surface area contributed by atoms with Crippen LogP contribution in [0.15, 0.2) is 91.0 Å². The third-order valence-electron chi connectivity index (χ3n) is 5.54. The standard InChI is InChI=1S/C25H29N2O3P/c1-19(25(29)27(3)20(2)24(28)21-13-7-4-8-14-21)26-31(30,22-15-9-5-10-16-22)23-17-11-6-12-18-23/h4-20,24,28H,1-3H3,(H,26,30)/t19-,20+,24-/m1/s1. The van der Waals surface area contributed by atoms with E-state index in [2.05, 4.69) is 5.09 Å². The van der Waals surface area contributed by atoms with Crippen molar-refractivity contribution in [3.8, 4) is 0 Å². The Balaban J connectivity index is 1.82. The van der Waals surface area contributed by atoms with Crippen molar-refractivity contribution < 1.29 is 14.5 Å². The Hall–Kier alpha value is -2.72. The Morgan fingerprint density at radius 2 is 1.26 bits per heavy atom. The number of aliphatic hydroxyl groups excluding tert-OH is 1. The summed E-state index contributed by atoms with van der Waals surface area (Å²) in [5.74, 6) is -0.241. The molecule has 0 aromatic heterocycles. The van der Waals surface area contributed by atoms with E-state index in [9.17, 15) is 14.5 Å². The highest BCUT2D eigenvalue weighted by Crippen LogP contribution is 2.39. The highest BCUT2D eigenvalue weighted by atomic mass is 31.2. The van der Waals surface area contributed by atoms with Crippen molar-refractivity contribution in [2.75, 3.05) is 7.05 Å². The minimum Gasteiger partial charge on any atom is -0.386 e. The van der Waals surface area contributed by atoms with E-state index in [1.807, 2.05) is 91.0 Å². The molecule has 2 N–H and O–H groups in total. The molecule has 0 radical (unpaired) electrons. The zero-order valence-corrected chi connectivity index (χ0v) is 18.9. The second-order valence-electron chi connectivity index (χ2n) is 7.68. The fourth-order valence-electron chi connectivity index (χ4n) is 3.55. The predicted octanol–water partition coefficient (Wildman–Crippen LogP) is 3.47. The first-order chi connectivity index (χ1) is 14.8. The van der Waals surface area contributed by atoms with Crippen molar-refractivity contribution >= 4 is 23.8 Å². The SMILES string of the molecule is C[C@@H](NP(=O)(c1ccccc1)c1ccccc1)C(=O)N(C)[C@@H](C)[C@@H](O)c1ccccc1. The van der Waals surface area contributed by atoms with Crippen LogP contribution in [0.25, 0.3) is 0 Å². The fourth-order valence-corrected chi connectivity index (χ4v) is 5.98. The largest absolute Gasteiger partial charge is 0.386 e. The number of nitrogens with zero attached hydrogens (tertiary/aromatic N) is 1. The van der Waals surface area contributed by atoms with E-state index in [1.54, 1.807) is 20.9 Å². The molecule has 162 valence electrons. The average Bonchev–Trinajstić information content (AvgIpc) is 2.83. The fraction of sp³-hybridized carbons (Fsp3) is 0.240. The summed E-state index contributed by atoms with van der Waals surface area (Å²) in [6, 6.07) is 26.4. The third-order valence-corrected chi connectivity index (χ3v) is 8.34. The molecule has 0 aliphatic rings. The predicted molar refractivity (Wildman–Crippen MR) is 126 cm³/mol. The molecule has 3 aromatic rings. The summed E-state index contributed by atoms with van der Waals surface area (Å²) in [7, 11) is -1.59. The van der Waals surface area contributed by atoms with Crippen LogP contribution in [0.4, 0.5) is 0 Å². The van der Waals surface area contributed by atoms with Gasteiger partial charge in [-0.3, -0.25) is 9.36 Å². The van der Waals surface area contributed by atoms with Gasteiger partial charge in [-0.1, -0.05) is 66.7 Å². The van der Waals surface area contributed by atoms with E-state index >= 15 is 0 Å². The van der Waals surface area contributed by atoms with Crippen LogP contribution >= 0.6 is 7.29 Å². The molecular weight excluding hydrogens is 407 g/mol. The molecule has 0 fully saturated rings. The number of aliphatic hydroxyl groups is 1. The van der Waals surface area contributed by atoms with Gasteiger partial charge in [0.2, 0.25) is 13.2 Å². The summed E-state index contributed by atoms with van der Waals surface area (Å²) in [4.78, 5) is 14.7. The van der Waals surface area contributed by atoms with Gasteiger partial charge in [0, 0.05) is 17.7 Å². The summed E-state index contributed by atoms with van der Waals surface area (Å²) in [5.41, 5.74) is 0.745. The van der Waals surface area contributed by atoms with Gasteiger partial charge in [-0.25, -0.2) is 5.09 Å². The van der Waals surface area contributed by atoms with Gasteiger partial charge < -0.3 is 10.0 Å². The summed E-state index contributed by atoms with van der Waals surface area (Å²) >= 11 is 0. The number of likely N-dealkylation sites (N-methyl/N-ethyl adjacent to an activating group) is 1. The number of benzene rings is 3. The van der Waals surface area contributed by atoms with E-state index in [-0.39, 0.29) is 5.91 Å². The number of carbonyl (C=O) groups excluding carboxylic acids is 1. The van der Waals surface area contributed by atoms with E-state index in [0.29, 0.717) is 10.6 Å². The molecular formula is C25H29N2O3P. The molecule has 0 spiro atoms. The van der Waals surface area contributed by atoms with Crippen LogP contribution in [0.2, 0.25) is 0 Å². The summed E-state index contributed by atoms with van der Waals surface area (Å²) in [6.07, 6.45) is -0.822. The van der Waals surface area contributed by atoms with E-state index < -0.39 is 25.5 Å². The van der Waals surface area contributed by atoms with Crippen molar-refractivity contribution in [3.05, 3.63) is 96.6 Å². The number of amides is 1. The zero-order valence-electron chi connectivity index (χ0n) is 18.1. The van der Waals surface area contributed by atoms with E-state index in [1.165, 1.54) is 4.90 Å². The monoisotopic (exact) mass is 436 g/mol. The average molecular weight is 436 g/mol. The number of nitrogens with one attached hydrogen (secondary N) is 1. The van der Waals surface area contributed by atoms with Gasteiger partial charge >= 0.3 is 0 Å². The smallest absolute Gasteiger partial charge is 0.239 e. The molecule has 31 heavy (non-hydrogen) atoms. The Morgan fingerprint density at radius 1 is 0.839 bits per heavy atom. The van der Waals surface area contributed by atoms with Gasteiger partial charge in [0.05, 0.1) is 18.2 Å². The maximum atomic E-state index is 14.1. The lowest BCUT2D eigenvalue weighted by atomic mass is 10.0. The lowest BCUT2D eigenvalue weighted by Gasteiger charge is -2.33. The van der Waals surface area contributed by atoms with Crippen LogP contribution in [0.3, 0.4) is 0 Å². The van der Waals surface area contributed by atoms with Crippen LogP contribution in [0.1, 0.15) is 25.5 Å². The number of hydrogen-bond acceptors (Lipinski definition) is 3. The molecule has 0 aliphatic heterocycles. The minimum absolute atomic E-state index is 0.241. The Morgan fingerprint density at radius 3 is 1.71 bits per heavy atom. The van der Waals surface area contributed by atoms with Gasteiger partial charge in [-0.05, 0) is 43.7 Å². The first-order valence-corrected chi connectivity index (χ1v) is 12.0. The minimum atomic E-state index is -3.25. The van der Waals surface area contributed by atoms with Crippen LogP contribution in [0.5, 0.6) is 0 Å². The number of hydrogen-bond donors (Lipinski definition) is 2. The molecule has 3 atom stereocenters. The zero-order chi connectivity index (χ0) is 22.4. The van der Waals surface area contributed by atoms with Crippen LogP contribution in [-0.2, 0) is 9.36 Å². The molecule has 0 aliphatic carbocycles. The van der Waals surface area contributed by atoms with Gasteiger partial charge in [0.25, 0.3) is 0 Å². The topological polar surface area (TPSA) is 69.6 Å². The summed E-state index contributed by atoms with van der Waals surface area (Å²) in [5, 5.41) is 15.1. The first-order valence-electron chi connectivity index (χ1n) is 10.3. The molecule has 3 rings (SSSR count). The Bertz CT molecular complexity index is 985. The van der Waals surface area contributed by atoms with Crippen molar-refractivity contribution in [2.24, 2.45) is 0 Å². The van der Waals surface area contributed by atoms with Crippen LogP contribution < -0.4 is 15.7 Å². The lowest BCUT2D eigenvalue weighted by molar-refractivity contribution is -0.135. The quantitative estimate of drug-likeness (QED) is 0.531. The molecule has 5 nitrogen and oxygen atoms in total. The van der Waals surface area contributed by atoms with Crippen molar-refractivity contribution in [1.82, 2.24) is 9.99 Å². The molecule has 1 amide bonds. The molecule has 0 unspecified atom stereocenters.